The minimum absolute atomic E-state index is 0.454. The summed E-state index contributed by atoms with van der Waals surface area (Å²) in [5.41, 5.74) is 2.66. The van der Waals surface area contributed by atoms with E-state index in [9.17, 15) is 9.90 Å². The molecule has 1 amide bonds. The first kappa shape index (κ1) is 9.77. The van der Waals surface area contributed by atoms with Crippen molar-refractivity contribution in [2.45, 2.75) is 0 Å². The maximum atomic E-state index is 11.3. The van der Waals surface area contributed by atoms with Gasteiger partial charge in [0.1, 0.15) is 19.1 Å². The highest BCUT2D eigenvalue weighted by Gasteiger charge is 2.32. The standard InChI is InChI=1S/C12H9NO4/c14-12(15)13-10-6-16-3-1-8(10)5-9-2-4-17-7-11(9)13/h1-3,5-7H,4H2,(H,14,15). The Morgan fingerprint density at radius 3 is 2.94 bits per heavy atom. The second-order valence-electron chi connectivity index (χ2n) is 3.66. The van der Waals surface area contributed by atoms with Crippen molar-refractivity contribution >= 4 is 6.09 Å². The summed E-state index contributed by atoms with van der Waals surface area (Å²) < 4.78 is 10.2. The van der Waals surface area contributed by atoms with Crippen molar-refractivity contribution in [2.24, 2.45) is 0 Å². The second-order valence-corrected chi connectivity index (χ2v) is 3.66. The fourth-order valence-electron chi connectivity index (χ4n) is 1.93. The first-order valence-electron chi connectivity index (χ1n) is 5.07. The summed E-state index contributed by atoms with van der Waals surface area (Å²) >= 11 is 0. The van der Waals surface area contributed by atoms with Crippen molar-refractivity contribution in [3.05, 3.63) is 59.6 Å². The number of hydrogen-bond donors (Lipinski definition) is 1. The molecule has 0 unspecified atom stereocenters. The molecule has 0 aromatic carbocycles. The number of carbonyl (C=O) groups is 1. The molecule has 3 aliphatic rings. The molecule has 17 heavy (non-hydrogen) atoms. The smallest absolute Gasteiger partial charge is 0.416 e. The highest BCUT2D eigenvalue weighted by atomic mass is 16.5. The van der Waals surface area contributed by atoms with Crippen LogP contribution in [0.15, 0.2) is 59.6 Å². The number of ether oxygens (including phenoxy) is 2. The van der Waals surface area contributed by atoms with Crippen molar-refractivity contribution in [3.8, 4) is 0 Å². The molecule has 0 radical (unpaired) electrons. The number of nitrogens with zero attached hydrogens (tertiary/aromatic N) is 1. The van der Waals surface area contributed by atoms with E-state index in [1.807, 2.05) is 12.2 Å². The fraction of sp³-hybridized carbons (Fsp3) is 0.0833. The van der Waals surface area contributed by atoms with E-state index < -0.39 is 6.09 Å². The molecule has 0 aliphatic carbocycles. The summed E-state index contributed by atoms with van der Waals surface area (Å²) in [6.45, 7) is 0.454. The molecule has 0 saturated carbocycles. The molecule has 0 fully saturated rings. The van der Waals surface area contributed by atoms with Gasteiger partial charge in [-0.15, -0.1) is 0 Å². The third-order valence-corrected chi connectivity index (χ3v) is 2.68. The van der Waals surface area contributed by atoms with Gasteiger partial charge in [0.25, 0.3) is 0 Å². The Balaban J connectivity index is 2.17. The third kappa shape index (κ3) is 1.44. The van der Waals surface area contributed by atoms with Gasteiger partial charge in [-0.3, -0.25) is 0 Å². The zero-order chi connectivity index (χ0) is 11.8. The number of fused-ring (bicyclic) bond motifs is 2. The zero-order valence-corrected chi connectivity index (χ0v) is 8.79. The maximum Gasteiger partial charge on any atom is 0.416 e. The van der Waals surface area contributed by atoms with Crippen LogP contribution in [0, 0.1) is 0 Å². The summed E-state index contributed by atoms with van der Waals surface area (Å²) in [4.78, 5) is 12.5. The molecule has 1 N–H and O–H groups in total. The Labute approximate surface area is 97.2 Å². The van der Waals surface area contributed by atoms with Crippen LogP contribution in [-0.4, -0.2) is 22.7 Å². The van der Waals surface area contributed by atoms with Crippen LogP contribution in [-0.2, 0) is 9.47 Å². The SMILES string of the molecule is O=C(O)N1C2=COC=CC2=CC2=CCOC=C21. The van der Waals surface area contributed by atoms with Crippen LogP contribution in [0.3, 0.4) is 0 Å². The van der Waals surface area contributed by atoms with E-state index in [-0.39, 0.29) is 0 Å². The second kappa shape index (κ2) is 3.55. The van der Waals surface area contributed by atoms with Gasteiger partial charge in [0.05, 0.1) is 17.7 Å². The molecule has 0 spiro atoms. The van der Waals surface area contributed by atoms with Gasteiger partial charge in [-0.25, -0.2) is 9.69 Å². The predicted octanol–water partition coefficient (Wildman–Crippen LogP) is 2.09. The van der Waals surface area contributed by atoms with Crippen molar-refractivity contribution in [1.82, 2.24) is 4.90 Å². The van der Waals surface area contributed by atoms with Crippen molar-refractivity contribution < 1.29 is 19.4 Å². The fourth-order valence-corrected chi connectivity index (χ4v) is 1.93. The van der Waals surface area contributed by atoms with Gasteiger partial charge in [0.15, 0.2) is 0 Å². The molecule has 0 atom stereocenters. The molecule has 86 valence electrons. The van der Waals surface area contributed by atoms with Crippen LogP contribution in [0.5, 0.6) is 0 Å². The summed E-state index contributed by atoms with van der Waals surface area (Å²) in [6, 6.07) is 0. The van der Waals surface area contributed by atoms with E-state index in [0.717, 1.165) is 16.0 Å². The van der Waals surface area contributed by atoms with E-state index in [1.165, 1.54) is 18.8 Å². The molecule has 0 bridgehead atoms. The molecule has 0 aromatic rings. The van der Waals surface area contributed by atoms with Crippen LogP contribution in [0.25, 0.3) is 0 Å². The van der Waals surface area contributed by atoms with E-state index in [4.69, 9.17) is 9.47 Å². The van der Waals surface area contributed by atoms with Crippen LogP contribution < -0.4 is 0 Å². The minimum Gasteiger partial charge on any atom is -0.495 e. The van der Waals surface area contributed by atoms with Gasteiger partial charge in [0, 0.05) is 11.1 Å². The number of hydrogen-bond acceptors (Lipinski definition) is 3. The number of carboxylic acid groups (broad SMARTS) is 1. The lowest BCUT2D eigenvalue weighted by Crippen LogP contribution is -2.33. The molecular weight excluding hydrogens is 222 g/mol. The maximum absolute atomic E-state index is 11.3. The lowest BCUT2D eigenvalue weighted by molar-refractivity contribution is 0.164. The quantitative estimate of drug-likeness (QED) is 0.693. The Morgan fingerprint density at radius 2 is 2.12 bits per heavy atom. The first-order chi connectivity index (χ1) is 8.27. The average Bonchev–Trinajstić information content (AvgIpc) is 2.35. The minimum atomic E-state index is -1.07. The topological polar surface area (TPSA) is 59.0 Å². The molecule has 0 saturated heterocycles. The Hall–Kier alpha value is -2.43. The normalized spacial score (nSPS) is 20.8. The number of amides is 1. The van der Waals surface area contributed by atoms with E-state index in [1.54, 1.807) is 6.08 Å². The summed E-state index contributed by atoms with van der Waals surface area (Å²) in [7, 11) is 0. The summed E-state index contributed by atoms with van der Waals surface area (Å²) in [6.07, 6.45) is 8.81. The monoisotopic (exact) mass is 231 g/mol. The van der Waals surface area contributed by atoms with Crippen LogP contribution in [0.2, 0.25) is 0 Å². The van der Waals surface area contributed by atoms with Crippen molar-refractivity contribution in [2.75, 3.05) is 6.61 Å². The summed E-state index contributed by atoms with van der Waals surface area (Å²) in [5, 5.41) is 9.27. The van der Waals surface area contributed by atoms with E-state index >= 15 is 0 Å². The van der Waals surface area contributed by atoms with Gasteiger partial charge in [-0.05, 0) is 18.2 Å². The summed E-state index contributed by atoms with van der Waals surface area (Å²) in [5.74, 6) is 0. The molecule has 3 aliphatic heterocycles. The Morgan fingerprint density at radius 1 is 1.29 bits per heavy atom. The number of rotatable bonds is 0. The van der Waals surface area contributed by atoms with Gasteiger partial charge in [-0.1, -0.05) is 0 Å². The molecular formula is C12H9NO4. The molecule has 3 heterocycles. The molecule has 5 nitrogen and oxygen atoms in total. The van der Waals surface area contributed by atoms with E-state index in [2.05, 4.69) is 0 Å². The largest absolute Gasteiger partial charge is 0.495 e. The van der Waals surface area contributed by atoms with E-state index in [0.29, 0.717) is 18.0 Å². The average molecular weight is 231 g/mol. The van der Waals surface area contributed by atoms with Gasteiger partial charge in [-0.2, -0.15) is 0 Å². The van der Waals surface area contributed by atoms with Crippen LogP contribution >= 0.6 is 0 Å². The van der Waals surface area contributed by atoms with Crippen LogP contribution in [0.4, 0.5) is 4.79 Å². The van der Waals surface area contributed by atoms with Gasteiger partial charge in [0.2, 0.25) is 0 Å². The lowest BCUT2D eigenvalue weighted by Gasteiger charge is -2.32. The third-order valence-electron chi connectivity index (χ3n) is 2.68. The van der Waals surface area contributed by atoms with Crippen molar-refractivity contribution in [1.29, 1.82) is 0 Å². The van der Waals surface area contributed by atoms with Gasteiger partial charge < -0.3 is 14.6 Å². The molecule has 5 heteroatoms. The lowest BCUT2D eigenvalue weighted by atomic mass is 9.98. The molecule has 0 aromatic heterocycles. The Bertz CT molecular complexity index is 537. The zero-order valence-electron chi connectivity index (χ0n) is 8.79. The molecule has 3 rings (SSSR count). The van der Waals surface area contributed by atoms with Crippen molar-refractivity contribution in [3.63, 3.8) is 0 Å². The highest BCUT2D eigenvalue weighted by molar-refractivity contribution is 5.77. The number of allylic oxidation sites excluding steroid dienone is 2. The predicted molar refractivity (Wildman–Crippen MR) is 58.4 cm³/mol. The van der Waals surface area contributed by atoms with Gasteiger partial charge >= 0.3 is 6.09 Å². The highest BCUT2D eigenvalue weighted by Crippen LogP contribution is 2.35. The first-order valence-corrected chi connectivity index (χ1v) is 5.07. The van der Waals surface area contributed by atoms with Crippen LogP contribution in [0.1, 0.15) is 0 Å². The Kier molecular flexibility index (Phi) is 2.04.